The Morgan fingerprint density at radius 3 is 2.22 bits per heavy atom. The van der Waals surface area contributed by atoms with Gasteiger partial charge in [0, 0.05) is 54.9 Å². The monoisotopic (exact) mass is 610 g/mol. The number of aryl methyl sites for hydroxylation is 1. The third-order valence-corrected chi connectivity index (χ3v) is 8.67. The van der Waals surface area contributed by atoms with Crippen LogP contribution >= 0.6 is 0 Å². The molecule has 3 N–H and O–H groups in total. The highest BCUT2D eigenvalue weighted by molar-refractivity contribution is 5.99. The van der Waals surface area contributed by atoms with Crippen LogP contribution in [0.5, 0.6) is 0 Å². The van der Waals surface area contributed by atoms with E-state index in [2.05, 4.69) is 20.2 Å². The molecular weight excluding hydrogens is 576 g/mol. The summed E-state index contributed by atoms with van der Waals surface area (Å²) >= 11 is 0. The molecule has 2 fully saturated rings. The number of pyridine rings is 2. The Kier molecular flexibility index (Phi) is 8.26. The van der Waals surface area contributed by atoms with E-state index in [-0.39, 0.29) is 34.4 Å². The first-order valence-corrected chi connectivity index (χ1v) is 15.0. The summed E-state index contributed by atoms with van der Waals surface area (Å²) < 4.78 is 1.69. The van der Waals surface area contributed by atoms with E-state index in [1.54, 1.807) is 46.4 Å². The number of hydroxylamine groups is 1. The maximum Gasteiger partial charge on any atom is 0.274 e. The number of aromatic nitrogens is 4. The number of ketones is 1. The number of anilines is 3. The van der Waals surface area contributed by atoms with Gasteiger partial charge in [-0.2, -0.15) is 4.98 Å². The van der Waals surface area contributed by atoms with Gasteiger partial charge in [0.25, 0.3) is 17.4 Å². The Morgan fingerprint density at radius 2 is 1.60 bits per heavy atom. The second kappa shape index (κ2) is 12.4. The highest BCUT2D eigenvalue weighted by Gasteiger charge is 2.26. The van der Waals surface area contributed by atoms with Crippen LogP contribution in [0, 0.1) is 6.92 Å². The molecule has 3 aromatic heterocycles. The minimum absolute atomic E-state index is 0.00439. The van der Waals surface area contributed by atoms with E-state index in [1.165, 1.54) is 19.1 Å². The van der Waals surface area contributed by atoms with Crippen molar-refractivity contribution in [3.63, 3.8) is 0 Å². The van der Waals surface area contributed by atoms with Crippen molar-refractivity contribution in [1.82, 2.24) is 29.9 Å². The second-order valence-electron chi connectivity index (χ2n) is 11.4. The first-order valence-electron chi connectivity index (χ1n) is 15.0. The van der Waals surface area contributed by atoms with Crippen LogP contribution in [-0.2, 0) is 0 Å². The van der Waals surface area contributed by atoms with E-state index in [0.29, 0.717) is 60.1 Å². The van der Waals surface area contributed by atoms with Gasteiger partial charge in [0.1, 0.15) is 11.5 Å². The normalized spacial score (nSPS) is 15.4. The Hall–Kier alpha value is -5.17. The van der Waals surface area contributed by atoms with Crippen molar-refractivity contribution < 1.29 is 19.6 Å². The molecule has 1 aromatic carbocycles. The smallest absolute Gasteiger partial charge is 0.274 e. The second-order valence-corrected chi connectivity index (χ2v) is 11.4. The topological polar surface area (TPSA) is 163 Å². The van der Waals surface area contributed by atoms with E-state index in [4.69, 9.17) is 10.2 Å². The average molecular weight is 611 g/mol. The molecule has 1 saturated carbocycles. The Morgan fingerprint density at radius 1 is 0.911 bits per heavy atom. The minimum Gasteiger partial charge on any atom is -0.367 e. The molecule has 2 amide bonds. The Balaban J connectivity index is 1.14. The number of piperazine rings is 1. The van der Waals surface area contributed by atoms with Gasteiger partial charge in [0.2, 0.25) is 5.95 Å². The van der Waals surface area contributed by atoms with Crippen LogP contribution in [-0.4, -0.2) is 73.4 Å². The van der Waals surface area contributed by atoms with Crippen LogP contribution in [0.1, 0.15) is 75.3 Å². The summed E-state index contributed by atoms with van der Waals surface area (Å²) in [6.07, 6.45) is 7.20. The predicted octanol–water partition coefficient (Wildman–Crippen LogP) is 3.64. The zero-order valence-corrected chi connectivity index (χ0v) is 25.1. The van der Waals surface area contributed by atoms with Crippen molar-refractivity contribution >= 4 is 46.1 Å². The molecule has 13 heteroatoms. The lowest BCUT2D eigenvalue weighted by molar-refractivity contribution is 0.0704. The highest BCUT2D eigenvalue weighted by Crippen LogP contribution is 2.32. The summed E-state index contributed by atoms with van der Waals surface area (Å²) in [7, 11) is 0. The fourth-order valence-electron chi connectivity index (χ4n) is 6.25. The average Bonchev–Trinajstić information content (AvgIpc) is 3.59. The summed E-state index contributed by atoms with van der Waals surface area (Å²) in [6.45, 7) is 5.49. The van der Waals surface area contributed by atoms with Crippen LogP contribution < -0.4 is 21.3 Å². The van der Waals surface area contributed by atoms with Crippen LogP contribution in [0.4, 0.5) is 17.5 Å². The molecule has 2 aliphatic rings. The molecule has 4 heterocycles. The summed E-state index contributed by atoms with van der Waals surface area (Å²) in [5.41, 5.74) is 4.24. The molecule has 13 nitrogen and oxygen atoms in total. The highest BCUT2D eigenvalue weighted by atomic mass is 16.5. The molecular formula is C32H34N8O5. The van der Waals surface area contributed by atoms with Gasteiger partial charge in [-0.1, -0.05) is 12.8 Å². The quantitative estimate of drug-likeness (QED) is 0.160. The van der Waals surface area contributed by atoms with Gasteiger partial charge in [0.05, 0.1) is 17.4 Å². The third-order valence-electron chi connectivity index (χ3n) is 8.67. The molecule has 6 rings (SSSR count). The molecule has 0 bridgehead atoms. The SMILES string of the molecule is CC(=O)c1c(C)c2cnc(Nc3ccc(N4CCN(C(=O)c5ccc(C(=O)NO)cc5)CC4)cn3)nc2n(C2CCCC2)c1=O. The first kappa shape index (κ1) is 29.9. The first-order chi connectivity index (χ1) is 21.7. The van der Waals surface area contributed by atoms with Crippen LogP contribution in [0.2, 0.25) is 0 Å². The van der Waals surface area contributed by atoms with Gasteiger partial charge in [-0.05, 0) is 68.7 Å². The van der Waals surface area contributed by atoms with Gasteiger partial charge in [-0.3, -0.25) is 29.0 Å². The van der Waals surface area contributed by atoms with Crippen molar-refractivity contribution in [2.45, 2.75) is 45.6 Å². The fourth-order valence-corrected chi connectivity index (χ4v) is 6.25. The number of hydrogen-bond donors (Lipinski definition) is 3. The van der Waals surface area contributed by atoms with E-state index in [1.807, 2.05) is 12.1 Å². The lowest BCUT2D eigenvalue weighted by Crippen LogP contribution is -2.48. The van der Waals surface area contributed by atoms with Crippen molar-refractivity contribution in [3.05, 3.63) is 81.4 Å². The lowest BCUT2D eigenvalue weighted by atomic mass is 10.0. The molecule has 0 unspecified atom stereocenters. The largest absolute Gasteiger partial charge is 0.367 e. The van der Waals surface area contributed by atoms with E-state index >= 15 is 0 Å². The Bertz CT molecular complexity index is 1820. The van der Waals surface area contributed by atoms with Gasteiger partial charge in [0.15, 0.2) is 5.78 Å². The maximum atomic E-state index is 13.5. The van der Waals surface area contributed by atoms with Crippen LogP contribution in [0.25, 0.3) is 11.0 Å². The zero-order chi connectivity index (χ0) is 31.7. The predicted molar refractivity (Wildman–Crippen MR) is 167 cm³/mol. The molecule has 1 saturated heterocycles. The summed E-state index contributed by atoms with van der Waals surface area (Å²) in [6, 6.07) is 9.92. The van der Waals surface area contributed by atoms with E-state index in [0.717, 1.165) is 31.4 Å². The molecule has 0 radical (unpaired) electrons. The molecule has 1 aliphatic carbocycles. The van der Waals surface area contributed by atoms with Gasteiger partial charge in [-0.25, -0.2) is 15.4 Å². The number of nitrogens with one attached hydrogen (secondary N) is 2. The molecule has 45 heavy (non-hydrogen) atoms. The minimum atomic E-state index is -0.633. The number of nitrogens with zero attached hydrogens (tertiary/aromatic N) is 6. The maximum absolute atomic E-state index is 13.5. The van der Waals surface area contributed by atoms with Crippen molar-refractivity contribution in [2.75, 3.05) is 36.4 Å². The Labute approximate surface area is 258 Å². The van der Waals surface area contributed by atoms with Crippen LogP contribution in [0.3, 0.4) is 0 Å². The number of carbonyl (C=O) groups excluding carboxylic acids is 3. The zero-order valence-electron chi connectivity index (χ0n) is 25.1. The number of rotatable bonds is 7. The molecule has 1 aliphatic heterocycles. The summed E-state index contributed by atoms with van der Waals surface area (Å²) in [4.78, 5) is 68.0. The molecule has 0 spiro atoms. The number of hydrogen-bond acceptors (Lipinski definition) is 10. The number of fused-ring (bicyclic) bond motifs is 1. The number of benzene rings is 1. The number of amides is 2. The standard InChI is InChI=1S/C32H34N8O5/c1-19-25-18-34-32(36-28(25)40(23-5-3-4-6-23)31(44)27(19)20(2)41)35-26-12-11-24(17-33-26)38-13-15-39(16-14-38)30(43)22-9-7-21(8-10-22)29(42)37-45/h7-12,17-18,23,45H,3-6,13-16H2,1-2H3,(H,37,42)(H,33,34,35,36). The fraction of sp³-hybridized carbons (Fsp3) is 0.344. The van der Waals surface area contributed by atoms with Gasteiger partial charge < -0.3 is 15.1 Å². The van der Waals surface area contributed by atoms with Gasteiger partial charge >= 0.3 is 0 Å². The van der Waals surface area contributed by atoms with Crippen molar-refractivity contribution in [3.8, 4) is 0 Å². The van der Waals surface area contributed by atoms with Crippen molar-refractivity contribution in [1.29, 1.82) is 0 Å². The number of carbonyl (C=O) groups is 3. The molecule has 4 aromatic rings. The van der Waals surface area contributed by atoms with Crippen LogP contribution in [0.15, 0.2) is 53.6 Å². The molecule has 232 valence electrons. The van der Waals surface area contributed by atoms with E-state index < -0.39 is 5.91 Å². The third kappa shape index (κ3) is 5.86. The number of Topliss-reactive ketones (excluding diaryl/α,β-unsaturated/α-hetero) is 1. The van der Waals surface area contributed by atoms with E-state index in [9.17, 15) is 19.2 Å². The molecule has 0 atom stereocenters. The summed E-state index contributed by atoms with van der Waals surface area (Å²) in [5, 5.41) is 12.6. The van der Waals surface area contributed by atoms with Crippen molar-refractivity contribution in [2.24, 2.45) is 0 Å². The lowest BCUT2D eigenvalue weighted by Gasteiger charge is -2.36. The summed E-state index contributed by atoms with van der Waals surface area (Å²) in [5.74, 6) is -0.165. The van der Waals surface area contributed by atoms with Gasteiger partial charge in [-0.15, -0.1) is 0 Å².